The van der Waals surface area contributed by atoms with Crippen molar-refractivity contribution in [3.8, 4) is 16.3 Å². The zero-order valence-corrected chi connectivity index (χ0v) is 23.2. The van der Waals surface area contributed by atoms with Crippen LogP contribution in [0.2, 0.25) is 0 Å². The number of carbonyl (C=O) groups excluding carboxylic acids is 2. The third-order valence-electron chi connectivity index (χ3n) is 6.92. The number of aryl methyl sites for hydroxylation is 1. The van der Waals surface area contributed by atoms with E-state index >= 15 is 0 Å². The smallest absolute Gasteiger partial charge is 0.411 e. The zero-order chi connectivity index (χ0) is 27.6. The first-order valence-electron chi connectivity index (χ1n) is 12.7. The molecule has 0 aliphatic carbocycles. The van der Waals surface area contributed by atoms with Crippen LogP contribution in [0.1, 0.15) is 42.7 Å². The summed E-state index contributed by atoms with van der Waals surface area (Å²) in [5.74, 6) is 0.159. The molecule has 204 valence electrons. The summed E-state index contributed by atoms with van der Waals surface area (Å²) in [7, 11) is 1.57. The lowest BCUT2D eigenvalue weighted by Crippen LogP contribution is -2.40. The number of pyridine rings is 2. The highest BCUT2D eigenvalue weighted by Gasteiger charge is 2.31. The summed E-state index contributed by atoms with van der Waals surface area (Å²) in [6, 6.07) is 5.39. The van der Waals surface area contributed by atoms with Crippen LogP contribution in [0.5, 0.6) is 5.88 Å². The fraction of sp³-hybridized carbons (Fsp3) is 0.370. The molecule has 2 amide bonds. The van der Waals surface area contributed by atoms with Crippen molar-refractivity contribution in [2.45, 2.75) is 39.2 Å². The van der Waals surface area contributed by atoms with E-state index in [-0.39, 0.29) is 11.4 Å². The Morgan fingerprint density at radius 2 is 2.05 bits per heavy atom. The Hall–Kier alpha value is -4.03. The van der Waals surface area contributed by atoms with Gasteiger partial charge in [-0.3, -0.25) is 20.0 Å². The van der Waals surface area contributed by atoms with E-state index in [0.717, 1.165) is 29.8 Å². The molecule has 11 nitrogen and oxygen atoms in total. The molecule has 1 aliphatic heterocycles. The molecule has 5 rings (SSSR count). The Morgan fingerprint density at radius 3 is 2.82 bits per heavy atom. The third kappa shape index (κ3) is 5.71. The van der Waals surface area contributed by atoms with Gasteiger partial charge in [0.15, 0.2) is 0 Å². The summed E-state index contributed by atoms with van der Waals surface area (Å²) < 4.78 is 12.4. The standard InChI is InChI=1S/C27H31N7O4S/c1-17-21(13-18(14-29-17)31-26(36)38-12-11-33-10-6-8-27(33,2)3)32-23(35)20-15-30-34-16-22(39-25(20)34)19-7-5-9-28-24(19)37-4/h5,7,9,13-16H,6,8,10-12H2,1-4H3,(H,31,36)(H,32,35). The van der Waals surface area contributed by atoms with Crippen LogP contribution in [0.25, 0.3) is 15.3 Å². The van der Waals surface area contributed by atoms with Gasteiger partial charge in [-0.25, -0.2) is 14.3 Å². The summed E-state index contributed by atoms with van der Waals surface area (Å²) in [6.45, 7) is 8.18. The van der Waals surface area contributed by atoms with Crippen molar-refractivity contribution in [1.29, 1.82) is 0 Å². The first kappa shape index (κ1) is 26.6. The number of amides is 2. The van der Waals surface area contributed by atoms with Crippen molar-refractivity contribution in [3.63, 3.8) is 0 Å². The lowest BCUT2D eigenvalue weighted by molar-refractivity contribution is 0.102. The Bertz CT molecular complexity index is 1510. The number of hydrogen-bond acceptors (Lipinski definition) is 9. The van der Waals surface area contributed by atoms with Gasteiger partial charge in [0.05, 0.1) is 52.6 Å². The average molecular weight is 550 g/mol. The van der Waals surface area contributed by atoms with Crippen LogP contribution in [-0.4, -0.2) is 68.8 Å². The predicted molar refractivity (Wildman–Crippen MR) is 150 cm³/mol. The maximum atomic E-state index is 13.2. The summed E-state index contributed by atoms with van der Waals surface area (Å²) in [4.78, 5) is 38.0. The minimum atomic E-state index is -0.565. The number of carbonyl (C=O) groups is 2. The number of anilines is 2. The van der Waals surface area contributed by atoms with Crippen molar-refractivity contribution in [3.05, 3.63) is 54.2 Å². The highest BCUT2D eigenvalue weighted by atomic mass is 32.1. The van der Waals surface area contributed by atoms with Crippen LogP contribution in [0, 0.1) is 6.92 Å². The number of methoxy groups -OCH3 is 1. The molecule has 39 heavy (non-hydrogen) atoms. The Morgan fingerprint density at radius 1 is 1.21 bits per heavy atom. The van der Waals surface area contributed by atoms with Gasteiger partial charge in [-0.05, 0) is 58.4 Å². The number of nitrogens with zero attached hydrogens (tertiary/aromatic N) is 5. The van der Waals surface area contributed by atoms with Crippen LogP contribution in [-0.2, 0) is 4.74 Å². The molecule has 1 aliphatic rings. The number of ether oxygens (including phenoxy) is 2. The van der Waals surface area contributed by atoms with Gasteiger partial charge in [-0.2, -0.15) is 5.10 Å². The van der Waals surface area contributed by atoms with E-state index in [0.29, 0.717) is 46.5 Å². The molecule has 2 N–H and O–H groups in total. The Balaban J connectivity index is 1.24. The molecule has 12 heteroatoms. The summed E-state index contributed by atoms with van der Waals surface area (Å²) in [5, 5.41) is 9.94. The molecule has 0 radical (unpaired) electrons. The molecule has 5 heterocycles. The first-order chi connectivity index (χ1) is 18.7. The normalized spacial score (nSPS) is 14.9. The monoisotopic (exact) mass is 549 g/mol. The molecule has 4 aromatic rings. The quantitative estimate of drug-likeness (QED) is 0.320. The molecule has 0 bridgehead atoms. The van der Waals surface area contributed by atoms with Crippen LogP contribution in [0.4, 0.5) is 16.2 Å². The molecular weight excluding hydrogens is 518 g/mol. The van der Waals surface area contributed by atoms with Crippen molar-refractivity contribution in [2.24, 2.45) is 0 Å². The number of fused-ring (bicyclic) bond motifs is 1. The summed E-state index contributed by atoms with van der Waals surface area (Å²) in [6.07, 6.45) is 8.28. The van der Waals surface area contributed by atoms with Gasteiger partial charge in [0, 0.05) is 24.5 Å². The second-order valence-corrected chi connectivity index (χ2v) is 11.0. The molecule has 0 saturated carbocycles. The minimum absolute atomic E-state index is 0.130. The number of thiazole rings is 1. The van der Waals surface area contributed by atoms with Crippen molar-refractivity contribution in [2.75, 3.05) is 37.4 Å². The molecular formula is C27H31N7O4S. The molecule has 4 aromatic heterocycles. The summed E-state index contributed by atoms with van der Waals surface area (Å²) in [5.41, 5.74) is 2.86. The van der Waals surface area contributed by atoms with E-state index in [9.17, 15) is 9.59 Å². The maximum absolute atomic E-state index is 13.2. The van der Waals surface area contributed by atoms with Gasteiger partial charge in [0.1, 0.15) is 11.4 Å². The number of hydrogen-bond donors (Lipinski definition) is 2. The number of aromatic nitrogens is 4. The average Bonchev–Trinajstić information content (AvgIpc) is 3.60. The van der Waals surface area contributed by atoms with Crippen molar-refractivity contribution in [1.82, 2.24) is 24.5 Å². The largest absolute Gasteiger partial charge is 0.481 e. The fourth-order valence-corrected chi connectivity index (χ4v) is 5.78. The van der Waals surface area contributed by atoms with Gasteiger partial charge in [0.25, 0.3) is 5.91 Å². The molecule has 1 saturated heterocycles. The first-order valence-corrected chi connectivity index (χ1v) is 13.5. The maximum Gasteiger partial charge on any atom is 0.411 e. The topological polar surface area (TPSA) is 123 Å². The van der Waals surface area contributed by atoms with E-state index in [1.807, 2.05) is 18.3 Å². The number of nitrogens with one attached hydrogen (secondary N) is 2. The highest BCUT2D eigenvalue weighted by molar-refractivity contribution is 7.21. The second kappa shape index (κ2) is 11.0. The van der Waals surface area contributed by atoms with E-state index < -0.39 is 6.09 Å². The van der Waals surface area contributed by atoms with Crippen LogP contribution >= 0.6 is 11.3 Å². The van der Waals surface area contributed by atoms with E-state index in [1.165, 1.54) is 23.7 Å². The number of rotatable bonds is 8. The van der Waals surface area contributed by atoms with Crippen molar-refractivity contribution >= 4 is 39.5 Å². The molecule has 0 spiro atoms. The fourth-order valence-electron chi connectivity index (χ4n) is 4.71. The van der Waals surface area contributed by atoms with E-state index in [2.05, 4.69) is 44.4 Å². The van der Waals surface area contributed by atoms with Crippen LogP contribution in [0.15, 0.2) is 43.0 Å². The number of likely N-dealkylation sites (tertiary alicyclic amines) is 1. The third-order valence-corrected chi connectivity index (χ3v) is 8.06. The van der Waals surface area contributed by atoms with Gasteiger partial charge in [0.2, 0.25) is 5.88 Å². The zero-order valence-electron chi connectivity index (χ0n) is 22.4. The Labute approximate surface area is 230 Å². The highest BCUT2D eigenvalue weighted by Crippen LogP contribution is 2.35. The molecule has 0 atom stereocenters. The van der Waals surface area contributed by atoms with Gasteiger partial charge < -0.3 is 14.8 Å². The lowest BCUT2D eigenvalue weighted by atomic mass is 10.0. The second-order valence-electron chi connectivity index (χ2n) is 9.94. The van der Waals surface area contributed by atoms with Gasteiger partial charge >= 0.3 is 6.09 Å². The molecule has 1 fully saturated rings. The lowest BCUT2D eigenvalue weighted by Gasteiger charge is -2.31. The van der Waals surface area contributed by atoms with Crippen LogP contribution < -0.4 is 15.4 Å². The van der Waals surface area contributed by atoms with E-state index in [1.54, 1.807) is 30.8 Å². The molecule has 0 unspecified atom stereocenters. The van der Waals surface area contributed by atoms with E-state index in [4.69, 9.17) is 9.47 Å². The van der Waals surface area contributed by atoms with Gasteiger partial charge in [-0.1, -0.05) is 0 Å². The van der Waals surface area contributed by atoms with Crippen molar-refractivity contribution < 1.29 is 19.1 Å². The molecule has 0 aromatic carbocycles. The predicted octanol–water partition coefficient (Wildman–Crippen LogP) is 4.85. The Kier molecular flexibility index (Phi) is 7.49. The summed E-state index contributed by atoms with van der Waals surface area (Å²) >= 11 is 1.41. The SMILES string of the molecule is COc1ncccc1-c1cn2ncc(C(=O)Nc3cc(NC(=O)OCCN4CCCC4(C)C)cnc3C)c2s1. The minimum Gasteiger partial charge on any atom is -0.481 e. The van der Waals surface area contributed by atoms with Gasteiger partial charge in [-0.15, -0.1) is 11.3 Å². The van der Waals surface area contributed by atoms with Crippen LogP contribution in [0.3, 0.4) is 0 Å².